The third kappa shape index (κ3) is 2.80. The summed E-state index contributed by atoms with van der Waals surface area (Å²) in [5, 5.41) is 14.2. The minimum Gasteiger partial charge on any atom is -0.389 e. The highest BCUT2D eigenvalue weighted by atomic mass is 16.7. The molecule has 27 heavy (non-hydrogen) atoms. The van der Waals surface area contributed by atoms with Crippen LogP contribution in [0.4, 0.5) is 5.69 Å². The fourth-order valence-electron chi connectivity index (χ4n) is 4.79. The van der Waals surface area contributed by atoms with Crippen molar-refractivity contribution in [2.24, 2.45) is 5.16 Å². The molecule has 6 heteroatoms. The van der Waals surface area contributed by atoms with Crippen LogP contribution in [-0.2, 0) is 11.4 Å². The minimum atomic E-state index is -0.0705. The zero-order valence-corrected chi connectivity index (χ0v) is 16.4. The molecule has 144 valence electrons. The lowest BCUT2D eigenvalue weighted by molar-refractivity contribution is -0.0449. The van der Waals surface area contributed by atoms with Crippen molar-refractivity contribution in [1.82, 2.24) is 14.8 Å². The molecule has 0 amide bonds. The number of nitrogens with zero attached hydrogens (tertiary/aromatic N) is 4. The zero-order valence-electron chi connectivity index (χ0n) is 16.4. The summed E-state index contributed by atoms with van der Waals surface area (Å²) in [5.41, 5.74) is 5.26. The molecule has 6 nitrogen and oxygen atoms in total. The average Bonchev–Trinajstić information content (AvgIpc) is 3.20. The second-order valence-corrected chi connectivity index (χ2v) is 8.47. The standard InChI is InChI=1S/C21H29N5O/c1-3-26-20-18(14(2)24-26)19(23-15-8-7-9-15)16(13-22-20)17-12-21(27-25-17)10-5-4-6-11-21/h13,15H,3-12H2,1-2H3,(H,22,23). The van der Waals surface area contributed by atoms with Crippen LogP contribution in [-0.4, -0.2) is 32.1 Å². The highest BCUT2D eigenvalue weighted by molar-refractivity contribution is 6.11. The number of aromatic nitrogens is 3. The Bertz CT molecular complexity index is 890. The summed E-state index contributed by atoms with van der Waals surface area (Å²) in [6, 6.07) is 0.547. The topological polar surface area (TPSA) is 64.3 Å². The predicted molar refractivity (Wildman–Crippen MR) is 107 cm³/mol. The average molecular weight is 367 g/mol. The summed E-state index contributed by atoms with van der Waals surface area (Å²) < 4.78 is 2.00. The number of aryl methyl sites for hydroxylation is 2. The van der Waals surface area contributed by atoms with Gasteiger partial charge in [-0.1, -0.05) is 11.6 Å². The Labute approximate surface area is 160 Å². The quantitative estimate of drug-likeness (QED) is 0.861. The summed E-state index contributed by atoms with van der Waals surface area (Å²) >= 11 is 0. The number of anilines is 1. The Morgan fingerprint density at radius 1 is 1.22 bits per heavy atom. The van der Waals surface area contributed by atoms with E-state index in [0.29, 0.717) is 6.04 Å². The molecule has 0 aromatic carbocycles. The summed E-state index contributed by atoms with van der Waals surface area (Å²) in [7, 11) is 0. The third-order valence-electron chi connectivity index (χ3n) is 6.60. The predicted octanol–water partition coefficient (Wildman–Crippen LogP) is 4.55. The third-order valence-corrected chi connectivity index (χ3v) is 6.60. The molecule has 2 saturated carbocycles. The van der Waals surface area contributed by atoms with Gasteiger partial charge in [-0.25, -0.2) is 9.67 Å². The van der Waals surface area contributed by atoms with Crippen LogP contribution >= 0.6 is 0 Å². The van der Waals surface area contributed by atoms with Crippen molar-refractivity contribution in [2.45, 2.75) is 89.8 Å². The molecule has 0 bridgehead atoms. The number of oxime groups is 1. The molecule has 1 N–H and O–H groups in total. The van der Waals surface area contributed by atoms with Crippen LogP contribution in [0.5, 0.6) is 0 Å². The zero-order chi connectivity index (χ0) is 18.4. The van der Waals surface area contributed by atoms with Gasteiger partial charge in [0.05, 0.1) is 22.5 Å². The van der Waals surface area contributed by atoms with Gasteiger partial charge >= 0.3 is 0 Å². The molecule has 2 fully saturated rings. The van der Waals surface area contributed by atoms with Crippen molar-refractivity contribution in [2.75, 3.05) is 5.32 Å². The SMILES string of the molecule is CCn1nc(C)c2c(NC3CCC3)c(C3=NOC4(CCCCC4)C3)cnc21. The van der Waals surface area contributed by atoms with Crippen LogP contribution in [0.25, 0.3) is 11.0 Å². The first-order valence-corrected chi connectivity index (χ1v) is 10.6. The molecule has 2 aromatic heterocycles. The van der Waals surface area contributed by atoms with E-state index >= 15 is 0 Å². The number of nitrogens with one attached hydrogen (secondary N) is 1. The summed E-state index contributed by atoms with van der Waals surface area (Å²) in [6.07, 6.45) is 12.7. The van der Waals surface area contributed by atoms with Crippen molar-refractivity contribution in [3.63, 3.8) is 0 Å². The lowest BCUT2D eigenvalue weighted by Crippen LogP contribution is -2.32. The minimum absolute atomic E-state index is 0.0705. The molecule has 3 heterocycles. The van der Waals surface area contributed by atoms with E-state index in [4.69, 9.17) is 14.9 Å². The van der Waals surface area contributed by atoms with Gasteiger partial charge in [-0.05, 0) is 58.8 Å². The van der Waals surface area contributed by atoms with E-state index in [1.165, 1.54) is 38.5 Å². The van der Waals surface area contributed by atoms with Crippen LogP contribution in [0.1, 0.15) is 76.0 Å². The van der Waals surface area contributed by atoms with Crippen LogP contribution in [0.2, 0.25) is 0 Å². The smallest absolute Gasteiger partial charge is 0.160 e. The van der Waals surface area contributed by atoms with Gasteiger partial charge in [0.25, 0.3) is 0 Å². The van der Waals surface area contributed by atoms with Crippen LogP contribution in [0.15, 0.2) is 11.4 Å². The monoisotopic (exact) mass is 367 g/mol. The second-order valence-electron chi connectivity index (χ2n) is 8.47. The summed E-state index contributed by atoms with van der Waals surface area (Å²) in [6.45, 7) is 5.02. The summed E-state index contributed by atoms with van der Waals surface area (Å²) in [4.78, 5) is 10.8. The van der Waals surface area contributed by atoms with Gasteiger partial charge in [0.2, 0.25) is 0 Å². The molecule has 1 aliphatic heterocycles. The molecule has 0 saturated heterocycles. The lowest BCUT2D eigenvalue weighted by atomic mass is 9.80. The fourth-order valence-corrected chi connectivity index (χ4v) is 4.79. The fraction of sp³-hybridized carbons (Fsp3) is 0.667. The molecule has 3 aliphatic rings. The van der Waals surface area contributed by atoms with Crippen LogP contribution in [0, 0.1) is 6.92 Å². The Balaban J connectivity index is 1.57. The van der Waals surface area contributed by atoms with Gasteiger partial charge in [0.15, 0.2) is 5.65 Å². The number of hydrogen-bond acceptors (Lipinski definition) is 5. The van der Waals surface area contributed by atoms with Gasteiger partial charge < -0.3 is 10.2 Å². The van der Waals surface area contributed by atoms with Gasteiger partial charge in [0, 0.05) is 30.8 Å². The van der Waals surface area contributed by atoms with E-state index in [9.17, 15) is 0 Å². The van der Waals surface area contributed by atoms with Crippen LogP contribution in [0.3, 0.4) is 0 Å². The van der Waals surface area contributed by atoms with Crippen molar-refractivity contribution in [3.05, 3.63) is 17.5 Å². The van der Waals surface area contributed by atoms with Gasteiger partial charge in [-0.2, -0.15) is 5.10 Å². The Hall–Kier alpha value is -2.11. The number of fused-ring (bicyclic) bond motifs is 1. The van der Waals surface area contributed by atoms with Crippen molar-refractivity contribution in [3.8, 4) is 0 Å². The molecule has 5 rings (SSSR count). The maximum Gasteiger partial charge on any atom is 0.160 e. The van der Waals surface area contributed by atoms with E-state index in [-0.39, 0.29) is 5.60 Å². The first kappa shape index (κ1) is 17.0. The second kappa shape index (κ2) is 6.50. The molecule has 0 radical (unpaired) electrons. The molecule has 0 unspecified atom stereocenters. The molecular weight excluding hydrogens is 338 g/mol. The number of rotatable bonds is 4. The molecule has 2 aliphatic carbocycles. The highest BCUT2D eigenvalue weighted by Crippen LogP contribution is 2.41. The van der Waals surface area contributed by atoms with E-state index in [1.54, 1.807) is 0 Å². The number of pyridine rings is 1. The Morgan fingerprint density at radius 3 is 2.74 bits per heavy atom. The van der Waals surface area contributed by atoms with Crippen molar-refractivity contribution < 1.29 is 4.84 Å². The first-order valence-electron chi connectivity index (χ1n) is 10.6. The van der Waals surface area contributed by atoms with Crippen LogP contribution < -0.4 is 5.32 Å². The Kier molecular flexibility index (Phi) is 4.10. The maximum atomic E-state index is 6.03. The lowest BCUT2D eigenvalue weighted by Gasteiger charge is -2.31. The molecular formula is C21H29N5O. The first-order chi connectivity index (χ1) is 13.2. The maximum absolute atomic E-state index is 6.03. The molecule has 2 aromatic rings. The number of hydrogen-bond donors (Lipinski definition) is 1. The summed E-state index contributed by atoms with van der Waals surface area (Å²) in [5.74, 6) is 0. The van der Waals surface area contributed by atoms with Crippen molar-refractivity contribution >= 4 is 22.4 Å². The normalized spacial score (nSPS) is 21.9. The molecule has 0 atom stereocenters. The van der Waals surface area contributed by atoms with Gasteiger partial charge in [-0.3, -0.25) is 0 Å². The van der Waals surface area contributed by atoms with Gasteiger partial charge in [0.1, 0.15) is 5.60 Å². The molecule has 1 spiro atoms. The van der Waals surface area contributed by atoms with E-state index in [2.05, 4.69) is 24.3 Å². The van der Waals surface area contributed by atoms with Crippen molar-refractivity contribution in [1.29, 1.82) is 0 Å². The van der Waals surface area contributed by atoms with E-state index < -0.39 is 0 Å². The Morgan fingerprint density at radius 2 is 2.04 bits per heavy atom. The van der Waals surface area contributed by atoms with E-state index in [1.807, 2.05) is 10.9 Å². The van der Waals surface area contributed by atoms with Gasteiger partial charge in [-0.15, -0.1) is 0 Å². The highest BCUT2D eigenvalue weighted by Gasteiger charge is 2.41. The van der Waals surface area contributed by atoms with E-state index in [0.717, 1.165) is 59.5 Å². The largest absolute Gasteiger partial charge is 0.389 e.